The number of fused-ring (bicyclic) bond motifs is 1. The van der Waals surface area contributed by atoms with Gasteiger partial charge in [0.15, 0.2) is 0 Å². The van der Waals surface area contributed by atoms with Crippen LogP contribution in [-0.4, -0.2) is 24.0 Å². The first-order valence-electron chi connectivity index (χ1n) is 6.00. The number of carbonyl (C=O) groups excluding carboxylic acids is 1. The predicted molar refractivity (Wildman–Crippen MR) is 72.2 cm³/mol. The number of nitrogens with one attached hydrogen (secondary N) is 2. The molecule has 1 amide bonds. The largest absolute Gasteiger partial charge is 0.496 e. The monoisotopic (exact) mass is 246 g/mol. The van der Waals surface area contributed by atoms with Crippen LogP contribution in [0.25, 0.3) is 10.9 Å². The van der Waals surface area contributed by atoms with E-state index in [9.17, 15) is 4.79 Å². The molecule has 1 aromatic carbocycles. The fourth-order valence-corrected chi connectivity index (χ4v) is 2.13. The van der Waals surface area contributed by atoms with E-state index in [4.69, 9.17) is 4.74 Å². The number of methoxy groups -OCH3 is 1. The molecule has 96 valence electrons. The summed E-state index contributed by atoms with van der Waals surface area (Å²) in [4.78, 5) is 15.4. The van der Waals surface area contributed by atoms with Crippen LogP contribution in [0.5, 0.6) is 5.75 Å². The minimum absolute atomic E-state index is 0.0711. The van der Waals surface area contributed by atoms with Crippen LogP contribution in [0.2, 0.25) is 0 Å². The van der Waals surface area contributed by atoms with E-state index >= 15 is 0 Å². The molecule has 0 spiro atoms. The Bertz CT molecular complexity index is 585. The zero-order valence-corrected chi connectivity index (χ0v) is 11.1. The molecule has 4 nitrogen and oxygen atoms in total. The second kappa shape index (κ2) is 4.72. The van der Waals surface area contributed by atoms with Crippen molar-refractivity contribution in [2.75, 3.05) is 7.11 Å². The summed E-state index contributed by atoms with van der Waals surface area (Å²) in [5.74, 6) is 0.643. The lowest BCUT2D eigenvalue weighted by molar-refractivity contribution is 0.0944. The zero-order valence-electron chi connectivity index (χ0n) is 11.1. The molecule has 0 aliphatic rings. The van der Waals surface area contributed by atoms with E-state index in [1.165, 1.54) is 0 Å². The van der Waals surface area contributed by atoms with Gasteiger partial charge >= 0.3 is 0 Å². The Hall–Kier alpha value is -1.97. The summed E-state index contributed by atoms with van der Waals surface area (Å²) in [5.41, 5.74) is 2.43. The molecule has 0 bridgehead atoms. The SMILES string of the molecule is COc1cccc2[nH]c(C)c(C(=O)NC(C)C)c12. The molecule has 0 atom stereocenters. The Balaban J connectivity index is 2.62. The average Bonchev–Trinajstić information content (AvgIpc) is 2.63. The Morgan fingerprint density at radius 2 is 2.11 bits per heavy atom. The maximum atomic E-state index is 12.2. The highest BCUT2D eigenvalue weighted by atomic mass is 16.5. The van der Waals surface area contributed by atoms with Gasteiger partial charge in [-0.1, -0.05) is 6.07 Å². The Kier molecular flexibility index (Phi) is 3.28. The number of ether oxygens (including phenoxy) is 1. The molecule has 2 N–H and O–H groups in total. The number of aromatic nitrogens is 1. The average molecular weight is 246 g/mol. The minimum Gasteiger partial charge on any atom is -0.496 e. The van der Waals surface area contributed by atoms with E-state index in [0.29, 0.717) is 11.3 Å². The van der Waals surface area contributed by atoms with Gasteiger partial charge in [0.05, 0.1) is 23.6 Å². The molecule has 0 aliphatic carbocycles. The standard InChI is InChI=1S/C14H18N2O2/c1-8(2)15-14(17)12-9(3)16-10-6-5-7-11(18-4)13(10)12/h5-8,16H,1-4H3,(H,15,17). The Labute approximate surface area is 106 Å². The van der Waals surface area contributed by atoms with E-state index in [2.05, 4.69) is 10.3 Å². The molecule has 0 aliphatic heterocycles. The van der Waals surface area contributed by atoms with Gasteiger partial charge in [-0.3, -0.25) is 4.79 Å². The third-order valence-corrected chi connectivity index (χ3v) is 2.84. The van der Waals surface area contributed by atoms with Crippen LogP contribution in [0.15, 0.2) is 18.2 Å². The van der Waals surface area contributed by atoms with Gasteiger partial charge in [-0.05, 0) is 32.9 Å². The fraction of sp³-hybridized carbons (Fsp3) is 0.357. The number of hydrogen-bond acceptors (Lipinski definition) is 2. The summed E-state index contributed by atoms with van der Waals surface area (Å²) in [6.45, 7) is 5.79. The van der Waals surface area contributed by atoms with Crippen molar-refractivity contribution in [2.45, 2.75) is 26.8 Å². The van der Waals surface area contributed by atoms with Crippen LogP contribution in [0.3, 0.4) is 0 Å². The third kappa shape index (κ3) is 2.06. The molecular weight excluding hydrogens is 228 g/mol. The lowest BCUT2D eigenvalue weighted by atomic mass is 10.1. The Morgan fingerprint density at radius 1 is 1.39 bits per heavy atom. The van der Waals surface area contributed by atoms with Crippen LogP contribution in [0.1, 0.15) is 29.9 Å². The zero-order chi connectivity index (χ0) is 13.3. The van der Waals surface area contributed by atoms with Crippen LogP contribution in [0.4, 0.5) is 0 Å². The second-order valence-corrected chi connectivity index (χ2v) is 4.64. The number of aromatic amines is 1. The quantitative estimate of drug-likeness (QED) is 0.874. The van der Waals surface area contributed by atoms with E-state index in [0.717, 1.165) is 16.6 Å². The summed E-state index contributed by atoms with van der Waals surface area (Å²) in [5, 5.41) is 3.76. The van der Waals surface area contributed by atoms with Crippen LogP contribution in [-0.2, 0) is 0 Å². The van der Waals surface area contributed by atoms with E-state index < -0.39 is 0 Å². The molecule has 4 heteroatoms. The van der Waals surface area contributed by atoms with Crippen molar-refractivity contribution in [2.24, 2.45) is 0 Å². The summed E-state index contributed by atoms with van der Waals surface area (Å²) in [7, 11) is 1.61. The first-order chi connectivity index (χ1) is 8.54. The van der Waals surface area contributed by atoms with E-state index in [1.807, 2.05) is 39.0 Å². The molecule has 0 fully saturated rings. The number of rotatable bonds is 3. The summed E-state index contributed by atoms with van der Waals surface area (Å²) in [6.07, 6.45) is 0. The molecule has 0 saturated heterocycles. The van der Waals surface area contributed by atoms with E-state index in [-0.39, 0.29) is 11.9 Å². The second-order valence-electron chi connectivity index (χ2n) is 4.64. The van der Waals surface area contributed by atoms with Gasteiger partial charge in [-0.15, -0.1) is 0 Å². The maximum absolute atomic E-state index is 12.2. The molecule has 0 unspecified atom stereocenters. The number of H-pyrrole nitrogens is 1. The van der Waals surface area contributed by atoms with Crippen molar-refractivity contribution in [3.8, 4) is 5.75 Å². The smallest absolute Gasteiger partial charge is 0.254 e. The molecule has 0 radical (unpaired) electrons. The maximum Gasteiger partial charge on any atom is 0.254 e. The molecule has 18 heavy (non-hydrogen) atoms. The molecular formula is C14H18N2O2. The van der Waals surface area contributed by atoms with Gasteiger partial charge < -0.3 is 15.0 Å². The number of carbonyl (C=O) groups is 1. The minimum atomic E-state index is -0.0711. The van der Waals surface area contributed by atoms with Crippen molar-refractivity contribution in [3.05, 3.63) is 29.5 Å². The number of hydrogen-bond donors (Lipinski definition) is 2. The van der Waals surface area contributed by atoms with Gasteiger partial charge in [0, 0.05) is 11.7 Å². The van der Waals surface area contributed by atoms with Crippen LogP contribution >= 0.6 is 0 Å². The number of amides is 1. The fourth-order valence-electron chi connectivity index (χ4n) is 2.13. The van der Waals surface area contributed by atoms with Gasteiger partial charge in [0.2, 0.25) is 0 Å². The van der Waals surface area contributed by atoms with Crippen molar-refractivity contribution >= 4 is 16.8 Å². The molecule has 2 rings (SSSR count). The molecule has 1 aromatic heterocycles. The van der Waals surface area contributed by atoms with Crippen molar-refractivity contribution < 1.29 is 9.53 Å². The summed E-state index contributed by atoms with van der Waals surface area (Å²) in [6, 6.07) is 5.82. The van der Waals surface area contributed by atoms with Crippen molar-refractivity contribution in [1.29, 1.82) is 0 Å². The van der Waals surface area contributed by atoms with Gasteiger partial charge in [-0.25, -0.2) is 0 Å². The van der Waals surface area contributed by atoms with Crippen LogP contribution < -0.4 is 10.1 Å². The van der Waals surface area contributed by atoms with Gasteiger partial charge in [-0.2, -0.15) is 0 Å². The number of aryl methyl sites for hydroxylation is 1. The van der Waals surface area contributed by atoms with Crippen LogP contribution in [0, 0.1) is 6.92 Å². The third-order valence-electron chi connectivity index (χ3n) is 2.84. The van der Waals surface area contributed by atoms with Crippen molar-refractivity contribution in [3.63, 3.8) is 0 Å². The highest BCUT2D eigenvalue weighted by Crippen LogP contribution is 2.30. The highest BCUT2D eigenvalue weighted by molar-refractivity contribution is 6.10. The topological polar surface area (TPSA) is 54.1 Å². The summed E-state index contributed by atoms with van der Waals surface area (Å²) >= 11 is 0. The van der Waals surface area contributed by atoms with Gasteiger partial charge in [0.1, 0.15) is 5.75 Å². The first-order valence-corrected chi connectivity index (χ1v) is 6.00. The highest BCUT2D eigenvalue weighted by Gasteiger charge is 2.19. The first kappa shape index (κ1) is 12.5. The normalized spacial score (nSPS) is 10.9. The lowest BCUT2D eigenvalue weighted by Crippen LogP contribution is -2.30. The Morgan fingerprint density at radius 3 is 2.72 bits per heavy atom. The molecule has 1 heterocycles. The predicted octanol–water partition coefficient (Wildman–Crippen LogP) is 2.62. The molecule has 0 saturated carbocycles. The summed E-state index contributed by atoms with van der Waals surface area (Å²) < 4.78 is 5.34. The number of benzene rings is 1. The lowest BCUT2D eigenvalue weighted by Gasteiger charge is -2.09. The van der Waals surface area contributed by atoms with Gasteiger partial charge in [0.25, 0.3) is 5.91 Å². The van der Waals surface area contributed by atoms with Crippen molar-refractivity contribution in [1.82, 2.24) is 10.3 Å². The van der Waals surface area contributed by atoms with E-state index in [1.54, 1.807) is 7.11 Å². The molecule has 2 aromatic rings.